The zero-order valence-corrected chi connectivity index (χ0v) is 12.2. The second-order valence-electron chi connectivity index (χ2n) is 4.91. The van der Waals surface area contributed by atoms with Crippen molar-refractivity contribution in [3.8, 4) is 5.75 Å². The number of carbonyl (C=O) groups excluding carboxylic acids is 1. The van der Waals surface area contributed by atoms with Crippen molar-refractivity contribution in [3.63, 3.8) is 0 Å². The molecule has 0 saturated carbocycles. The van der Waals surface area contributed by atoms with Gasteiger partial charge in [0.25, 0.3) is 5.91 Å². The summed E-state index contributed by atoms with van der Waals surface area (Å²) in [5.74, 6) is 0.596. The van der Waals surface area contributed by atoms with Crippen LogP contribution in [0.5, 0.6) is 5.75 Å². The van der Waals surface area contributed by atoms with Gasteiger partial charge in [0.1, 0.15) is 11.9 Å². The maximum atomic E-state index is 12.5. The number of hydrogen-bond donors (Lipinski definition) is 0. The van der Waals surface area contributed by atoms with Crippen molar-refractivity contribution in [1.82, 2.24) is 9.78 Å². The second kappa shape index (κ2) is 6.26. The SMILES string of the molecule is CC(Oc1ccccc1)c1ccnn1C(=O)c1ccccc1. The zero-order valence-electron chi connectivity index (χ0n) is 12.2. The Bertz CT molecular complexity index is 751. The van der Waals surface area contributed by atoms with Gasteiger partial charge in [-0.05, 0) is 37.3 Å². The molecule has 0 spiro atoms. The van der Waals surface area contributed by atoms with Gasteiger partial charge in [-0.3, -0.25) is 4.79 Å². The number of para-hydroxylation sites is 1. The summed E-state index contributed by atoms with van der Waals surface area (Å²) in [6, 6.07) is 20.4. The summed E-state index contributed by atoms with van der Waals surface area (Å²) >= 11 is 0. The fourth-order valence-corrected chi connectivity index (χ4v) is 2.26. The molecule has 2 aromatic carbocycles. The van der Waals surface area contributed by atoms with Crippen molar-refractivity contribution < 1.29 is 9.53 Å². The first-order chi connectivity index (χ1) is 10.8. The molecular weight excluding hydrogens is 276 g/mol. The average molecular weight is 292 g/mol. The summed E-state index contributed by atoms with van der Waals surface area (Å²) in [5, 5.41) is 4.14. The highest BCUT2D eigenvalue weighted by atomic mass is 16.5. The van der Waals surface area contributed by atoms with Crippen molar-refractivity contribution >= 4 is 5.91 Å². The molecule has 0 radical (unpaired) electrons. The number of aromatic nitrogens is 2. The molecule has 1 heterocycles. The van der Waals surface area contributed by atoms with Gasteiger partial charge in [0.15, 0.2) is 0 Å². The Morgan fingerprint density at radius 1 is 1.00 bits per heavy atom. The molecule has 0 fully saturated rings. The van der Waals surface area contributed by atoms with Crippen molar-refractivity contribution in [2.75, 3.05) is 0 Å². The van der Waals surface area contributed by atoms with Crippen LogP contribution in [0.4, 0.5) is 0 Å². The van der Waals surface area contributed by atoms with E-state index in [-0.39, 0.29) is 12.0 Å². The molecule has 1 atom stereocenters. The number of rotatable bonds is 4. The number of hydrogen-bond acceptors (Lipinski definition) is 3. The van der Waals surface area contributed by atoms with E-state index >= 15 is 0 Å². The second-order valence-corrected chi connectivity index (χ2v) is 4.91. The average Bonchev–Trinajstić information content (AvgIpc) is 3.05. The third-order valence-corrected chi connectivity index (χ3v) is 3.36. The molecule has 0 saturated heterocycles. The summed E-state index contributed by atoms with van der Waals surface area (Å²) in [5.41, 5.74) is 1.32. The molecule has 0 amide bonds. The highest BCUT2D eigenvalue weighted by Gasteiger charge is 2.18. The summed E-state index contributed by atoms with van der Waals surface area (Å²) < 4.78 is 7.26. The van der Waals surface area contributed by atoms with Crippen LogP contribution in [0.25, 0.3) is 0 Å². The predicted octanol–water partition coefficient (Wildman–Crippen LogP) is 3.71. The van der Waals surface area contributed by atoms with Crippen LogP contribution in [0, 0.1) is 0 Å². The van der Waals surface area contributed by atoms with E-state index < -0.39 is 0 Å². The van der Waals surface area contributed by atoms with Gasteiger partial charge < -0.3 is 4.74 Å². The number of nitrogens with zero attached hydrogens (tertiary/aromatic N) is 2. The molecule has 22 heavy (non-hydrogen) atoms. The van der Waals surface area contributed by atoms with Gasteiger partial charge in [0.2, 0.25) is 0 Å². The third-order valence-electron chi connectivity index (χ3n) is 3.36. The van der Waals surface area contributed by atoms with Gasteiger partial charge >= 0.3 is 0 Å². The van der Waals surface area contributed by atoms with E-state index in [4.69, 9.17) is 4.74 Å². The summed E-state index contributed by atoms with van der Waals surface area (Å²) in [6.45, 7) is 1.90. The van der Waals surface area contributed by atoms with Gasteiger partial charge in [0.05, 0.1) is 5.69 Å². The smallest absolute Gasteiger partial charge is 0.278 e. The van der Waals surface area contributed by atoms with Gasteiger partial charge in [-0.2, -0.15) is 9.78 Å². The predicted molar refractivity (Wildman–Crippen MR) is 83.9 cm³/mol. The lowest BCUT2D eigenvalue weighted by atomic mass is 10.2. The molecule has 0 bridgehead atoms. The first-order valence-corrected chi connectivity index (χ1v) is 7.11. The molecule has 3 aromatic rings. The van der Waals surface area contributed by atoms with Crippen LogP contribution < -0.4 is 4.74 Å². The fraction of sp³-hybridized carbons (Fsp3) is 0.111. The monoisotopic (exact) mass is 292 g/mol. The van der Waals surface area contributed by atoms with Gasteiger partial charge in [0, 0.05) is 11.8 Å². The van der Waals surface area contributed by atoms with Gasteiger partial charge in [-0.1, -0.05) is 36.4 Å². The maximum Gasteiger partial charge on any atom is 0.278 e. The quantitative estimate of drug-likeness (QED) is 0.736. The van der Waals surface area contributed by atoms with Crippen molar-refractivity contribution in [1.29, 1.82) is 0 Å². The largest absolute Gasteiger partial charge is 0.484 e. The van der Waals surface area contributed by atoms with Crippen LogP contribution >= 0.6 is 0 Å². The Hall–Kier alpha value is -2.88. The van der Waals surface area contributed by atoms with Crippen LogP contribution in [0.2, 0.25) is 0 Å². The molecule has 1 aromatic heterocycles. The number of benzene rings is 2. The summed E-state index contributed by atoms with van der Waals surface area (Å²) in [7, 11) is 0. The summed E-state index contributed by atoms with van der Waals surface area (Å²) in [6.07, 6.45) is 1.33. The fourth-order valence-electron chi connectivity index (χ4n) is 2.26. The minimum absolute atomic E-state index is 0.163. The number of carbonyl (C=O) groups is 1. The van der Waals surface area contributed by atoms with E-state index in [0.29, 0.717) is 5.56 Å². The Morgan fingerprint density at radius 2 is 1.64 bits per heavy atom. The molecule has 0 aliphatic rings. The molecule has 4 heteroatoms. The van der Waals surface area contributed by atoms with Crippen LogP contribution in [0.1, 0.15) is 29.1 Å². The van der Waals surface area contributed by atoms with E-state index in [1.807, 2.05) is 55.5 Å². The first-order valence-electron chi connectivity index (χ1n) is 7.11. The normalized spacial score (nSPS) is 11.9. The molecule has 3 rings (SSSR count). The number of ether oxygens (including phenoxy) is 1. The lowest BCUT2D eigenvalue weighted by molar-refractivity contribution is 0.0928. The Morgan fingerprint density at radius 3 is 2.32 bits per heavy atom. The molecule has 110 valence electrons. The molecule has 0 N–H and O–H groups in total. The molecule has 1 unspecified atom stereocenters. The summed E-state index contributed by atoms with van der Waals surface area (Å²) in [4.78, 5) is 12.5. The highest BCUT2D eigenvalue weighted by molar-refractivity contribution is 5.95. The molecule has 4 nitrogen and oxygen atoms in total. The third kappa shape index (κ3) is 2.91. The van der Waals surface area contributed by atoms with Crippen LogP contribution in [-0.4, -0.2) is 15.7 Å². The molecule has 0 aliphatic carbocycles. The van der Waals surface area contributed by atoms with Crippen LogP contribution in [0.15, 0.2) is 72.9 Å². The van der Waals surface area contributed by atoms with Crippen LogP contribution in [-0.2, 0) is 0 Å². The van der Waals surface area contributed by atoms with Gasteiger partial charge in [-0.25, -0.2) is 0 Å². The van der Waals surface area contributed by atoms with Crippen molar-refractivity contribution in [3.05, 3.63) is 84.2 Å². The van der Waals surface area contributed by atoms with Gasteiger partial charge in [-0.15, -0.1) is 0 Å². The minimum Gasteiger partial charge on any atom is -0.484 e. The van der Waals surface area contributed by atoms with E-state index in [2.05, 4.69) is 5.10 Å². The zero-order chi connectivity index (χ0) is 15.4. The first kappa shape index (κ1) is 14.1. The lowest BCUT2D eigenvalue weighted by Gasteiger charge is -2.15. The Labute approximate surface area is 129 Å². The Balaban J connectivity index is 1.84. The minimum atomic E-state index is -0.280. The van der Waals surface area contributed by atoms with E-state index in [0.717, 1.165) is 11.4 Å². The van der Waals surface area contributed by atoms with E-state index in [1.54, 1.807) is 24.4 Å². The molecular formula is C18H16N2O2. The van der Waals surface area contributed by atoms with E-state index in [9.17, 15) is 4.79 Å². The Kier molecular flexibility index (Phi) is 4.01. The lowest BCUT2D eigenvalue weighted by Crippen LogP contribution is -2.19. The topological polar surface area (TPSA) is 44.1 Å². The molecule has 0 aliphatic heterocycles. The van der Waals surface area contributed by atoms with Crippen molar-refractivity contribution in [2.24, 2.45) is 0 Å². The highest BCUT2D eigenvalue weighted by Crippen LogP contribution is 2.21. The van der Waals surface area contributed by atoms with Crippen LogP contribution in [0.3, 0.4) is 0 Å². The standard InChI is InChI=1S/C18H16N2O2/c1-14(22-16-10-6-3-7-11-16)17-12-13-19-20(17)18(21)15-8-4-2-5-9-15/h2-14H,1H3. The van der Waals surface area contributed by atoms with Crippen molar-refractivity contribution in [2.45, 2.75) is 13.0 Å². The van der Waals surface area contributed by atoms with E-state index in [1.165, 1.54) is 4.68 Å². The maximum absolute atomic E-state index is 12.5.